The van der Waals surface area contributed by atoms with Crippen molar-refractivity contribution in [3.05, 3.63) is 65.2 Å². The fourth-order valence-corrected chi connectivity index (χ4v) is 13.3. The molecule has 76 heavy (non-hydrogen) atoms. The molecule has 436 valence electrons. The van der Waals surface area contributed by atoms with E-state index < -0.39 is 11.9 Å². The zero-order valence-electron chi connectivity index (χ0n) is 50.0. The number of aliphatic hydroxyl groups excluding tert-OH is 1. The third kappa shape index (κ3) is 31.2. The van der Waals surface area contributed by atoms with Crippen molar-refractivity contribution >= 4 is 0 Å². The van der Waals surface area contributed by atoms with Crippen molar-refractivity contribution in [2.75, 3.05) is 26.3 Å². The van der Waals surface area contributed by atoms with Gasteiger partial charge in [-0.2, -0.15) is 0 Å². The summed E-state index contributed by atoms with van der Waals surface area (Å²) in [6.07, 6.45) is 70.6. The second-order valence-corrected chi connectivity index (χ2v) is 25.0. The number of β-amino-alcohol motifs (C(OH)–C–C–N with tert-alkyl or cyclic N) is 1. The van der Waals surface area contributed by atoms with Gasteiger partial charge in [0.25, 0.3) is 0 Å². The molecule has 3 aliphatic rings. The van der Waals surface area contributed by atoms with Crippen LogP contribution < -0.4 is 4.74 Å². The molecule has 5 heteroatoms. The lowest BCUT2D eigenvalue weighted by Gasteiger charge is -2.35. The van der Waals surface area contributed by atoms with Gasteiger partial charge in [-0.3, -0.25) is 4.90 Å². The van der Waals surface area contributed by atoms with Crippen LogP contribution in [0.1, 0.15) is 344 Å². The fourth-order valence-electron chi connectivity index (χ4n) is 13.3. The van der Waals surface area contributed by atoms with Crippen molar-refractivity contribution in [2.45, 2.75) is 352 Å². The molecule has 2 aromatic carbocycles. The highest BCUT2D eigenvalue weighted by atomic mass is 16.7. The van der Waals surface area contributed by atoms with Crippen LogP contribution in [0.25, 0.3) is 0 Å². The number of benzene rings is 2. The average molecular weight is 1050 g/mol. The molecule has 0 aromatic heterocycles. The first-order valence-electron chi connectivity index (χ1n) is 34.2. The summed E-state index contributed by atoms with van der Waals surface area (Å²) in [5.41, 5.74) is 3.48. The van der Waals surface area contributed by atoms with E-state index in [0.29, 0.717) is 19.2 Å². The van der Waals surface area contributed by atoms with E-state index in [-0.39, 0.29) is 0 Å². The first-order chi connectivity index (χ1) is 37.7. The molecule has 2 fully saturated rings. The molecule has 5 nitrogen and oxygen atoms in total. The molecule has 1 saturated heterocycles. The Kier molecular flexibility index (Phi) is 38.2. The summed E-state index contributed by atoms with van der Waals surface area (Å²) in [7, 11) is 0. The SMILES string of the molecule is OC1CN(C2CCCCCCCCCCCCCCCCCCCCCCCCCCCCCCCCCCCCCCCCCCCCCCCCC3(CC2)OCCO3)CCc2cc(OCc3ccccc3)ccc21. The smallest absolute Gasteiger partial charge is 0.168 e. The van der Waals surface area contributed by atoms with Gasteiger partial charge in [-0.15, -0.1) is 0 Å². The van der Waals surface area contributed by atoms with E-state index in [9.17, 15) is 5.11 Å². The van der Waals surface area contributed by atoms with Crippen LogP contribution in [0.15, 0.2) is 48.5 Å². The lowest BCUT2D eigenvalue weighted by Crippen LogP contribution is -2.40. The van der Waals surface area contributed by atoms with Crippen molar-refractivity contribution in [3.63, 3.8) is 0 Å². The Bertz CT molecular complexity index is 1590. The maximum atomic E-state index is 11.8. The molecule has 2 aliphatic heterocycles. The fraction of sp³-hybridized carbons (Fsp3) is 0.831. The minimum absolute atomic E-state index is 0.415. The van der Waals surface area contributed by atoms with E-state index in [4.69, 9.17) is 14.2 Å². The van der Waals surface area contributed by atoms with E-state index in [1.165, 1.54) is 313 Å². The second kappa shape index (κ2) is 44.8. The zero-order valence-corrected chi connectivity index (χ0v) is 50.0. The summed E-state index contributed by atoms with van der Waals surface area (Å²) in [6.45, 7) is 3.65. The Balaban J connectivity index is 1.01. The summed E-state index contributed by atoms with van der Waals surface area (Å²) < 4.78 is 19.3. The van der Waals surface area contributed by atoms with Gasteiger partial charge in [-0.25, -0.2) is 0 Å². The lowest BCUT2D eigenvalue weighted by molar-refractivity contribution is -0.170. The summed E-state index contributed by atoms with van der Waals surface area (Å²) in [5, 5.41) is 11.8. The highest BCUT2D eigenvalue weighted by Crippen LogP contribution is 2.35. The Morgan fingerprint density at radius 1 is 0.421 bits per heavy atom. The Morgan fingerprint density at radius 2 is 0.789 bits per heavy atom. The van der Waals surface area contributed by atoms with Gasteiger partial charge < -0.3 is 19.3 Å². The van der Waals surface area contributed by atoms with Crippen LogP contribution in [-0.4, -0.2) is 48.1 Å². The standard InChI is InChI=1S/C71H123NO4/c73-70-63-72(59-56-66-62-68(53-54-69(66)70)74-64-65-50-46-45-47-51-65)67-52-48-43-41-39-37-35-33-31-29-27-25-23-21-19-17-15-13-11-9-7-5-3-1-2-4-6-8-10-12-14-16-18-20-22-24-26-28-30-32-34-36-38-40-42-44-49-57-71(58-55-67)75-60-61-76-71/h45-47,50-51,53-54,62,67,70,73H,1-44,48-49,52,55-61,63-64H2. The average Bonchev–Trinajstić information content (AvgIpc) is 3.86. The van der Waals surface area contributed by atoms with Gasteiger partial charge >= 0.3 is 0 Å². The van der Waals surface area contributed by atoms with Crippen LogP contribution in [0.2, 0.25) is 0 Å². The molecule has 0 amide bonds. The first kappa shape index (κ1) is 64.9. The number of hydrogen-bond acceptors (Lipinski definition) is 5. The topological polar surface area (TPSA) is 51.2 Å². The maximum absolute atomic E-state index is 11.8. The summed E-state index contributed by atoms with van der Waals surface area (Å²) in [4.78, 5) is 2.63. The van der Waals surface area contributed by atoms with Crippen molar-refractivity contribution in [2.24, 2.45) is 0 Å². The minimum atomic E-state index is -0.494. The quantitative estimate of drug-likeness (QED) is 0.331. The third-order valence-corrected chi connectivity index (χ3v) is 18.3. The van der Waals surface area contributed by atoms with Gasteiger partial charge in [-0.05, 0) is 54.5 Å². The predicted octanol–water partition coefficient (Wildman–Crippen LogP) is 21.8. The molecule has 1 N–H and O–H groups in total. The molecule has 0 bridgehead atoms. The number of fused-ring (bicyclic) bond motifs is 1. The summed E-state index contributed by atoms with van der Waals surface area (Å²) in [6, 6.07) is 17.2. The number of hydrogen-bond donors (Lipinski definition) is 1. The van der Waals surface area contributed by atoms with Crippen molar-refractivity contribution in [3.8, 4) is 5.75 Å². The van der Waals surface area contributed by atoms with Gasteiger partial charge in [0.15, 0.2) is 5.79 Å². The first-order valence-corrected chi connectivity index (χ1v) is 34.2. The van der Waals surface area contributed by atoms with E-state index in [1.807, 2.05) is 6.07 Å². The number of ether oxygens (including phenoxy) is 3. The van der Waals surface area contributed by atoms with Crippen LogP contribution in [0.5, 0.6) is 5.75 Å². The third-order valence-electron chi connectivity index (χ3n) is 18.3. The van der Waals surface area contributed by atoms with Crippen LogP contribution >= 0.6 is 0 Å². The Hall–Kier alpha value is -1.92. The molecular formula is C71H123NO4. The Labute approximate surface area is 471 Å². The van der Waals surface area contributed by atoms with E-state index in [2.05, 4.69) is 47.4 Å². The molecule has 2 atom stereocenters. The normalized spacial score (nSPS) is 24.9. The molecule has 2 unspecified atom stereocenters. The monoisotopic (exact) mass is 1050 g/mol. The predicted molar refractivity (Wildman–Crippen MR) is 327 cm³/mol. The zero-order chi connectivity index (χ0) is 52.9. The molecule has 1 saturated carbocycles. The molecular weight excluding hydrogens is 931 g/mol. The lowest BCUT2D eigenvalue weighted by atomic mass is 9.94. The van der Waals surface area contributed by atoms with Gasteiger partial charge in [0.05, 0.1) is 19.3 Å². The molecule has 5 rings (SSSR count). The minimum Gasteiger partial charge on any atom is -0.489 e. The highest BCUT2D eigenvalue weighted by Gasteiger charge is 2.37. The summed E-state index contributed by atoms with van der Waals surface area (Å²) in [5.74, 6) is 0.460. The van der Waals surface area contributed by atoms with Gasteiger partial charge in [-0.1, -0.05) is 325 Å². The maximum Gasteiger partial charge on any atom is 0.168 e. The molecule has 1 spiro atoms. The van der Waals surface area contributed by atoms with E-state index >= 15 is 0 Å². The van der Waals surface area contributed by atoms with Crippen molar-refractivity contribution < 1.29 is 19.3 Å². The van der Waals surface area contributed by atoms with Crippen molar-refractivity contribution in [1.29, 1.82) is 0 Å². The van der Waals surface area contributed by atoms with Gasteiger partial charge in [0.2, 0.25) is 0 Å². The Morgan fingerprint density at radius 3 is 1.18 bits per heavy atom. The molecule has 2 aromatic rings. The number of aliphatic hydroxyl groups is 1. The largest absolute Gasteiger partial charge is 0.489 e. The molecule has 2 heterocycles. The van der Waals surface area contributed by atoms with Crippen LogP contribution in [0.3, 0.4) is 0 Å². The van der Waals surface area contributed by atoms with E-state index in [0.717, 1.165) is 56.8 Å². The number of nitrogens with zero attached hydrogens (tertiary/aromatic N) is 1. The van der Waals surface area contributed by atoms with Gasteiger partial charge in [0, 0.05) is 32.0 Å². The van der Waals surface area contributed by atoms with Crippen LogP contribution in [0, 0.1) is 0 Å². The number of rotatable bonds is 4. The molecule has 0 radical (unpaired) electrons. The summed E-state index contributed by atoms with van der Waals surface area (Å²) >= 11 is 0. The van der Waals surface area contributed by atoms with Crippen molar-refractivity contribution in [1.82, 2.24) is 4.90 Å². The molecule has 1 aliphatic carbocycles. The van der Waals surface area contributed by atoms with Crippen LogP contribution in [0.4, 0.5) is 0 Å². The highest BCUT2D eigenvalue weighted by molar-refractivity contribution is 5.38. The van der Waals surface area contributed by atoms with E-state index in [1.54, 1.807) is 0 Å². The van der Waals surface area contributed by atoms with Crippen LogP contribution in [-0.2, 0) is 22.5 Å². The van der Waals surface area contributed by atoms with Gasteiger partial charge in [0.1, 0.15) is 12.4 Å². The second-order valence-electron chi connectivity index (χ2n) is 25.0.